The minimum absolute atomic E-state index is 0.232. The Hall–Kier alpha value is -3.29. The average molecular weight is 324 g/mol. The number of rotatable bonds is 6. The number of carbonyl (C=O) groups excluding carboxylic acids is 1. The van der Waals surface area contributed by atoms with Gasteiger partial charge < -0.3 is 10.1 Å². The quantitative estimate of drug-likeness (QED) is 0.736. The summed E-state index contributed by atoms with van der Waals surface area (Å²) in [6, 6.07) is 6.98. The predicted octanol–water partition coefficient (Wildman–Crippen LogP) is 1.39. The van der Waals surface area contributed by atoms with Gasteiger partial charge in [-0.15, -0.1) is 5.10 Å². The van der Waals surface area contributed by atoms with Gasteiger partial charge in [-0.1, -0.05) is 5.21 Å². The second-order valence-corrected chi connectivity index (χ2v) is 4.86. The van der Waals surface area contributed by atoms with E-state index in [1.807, 2.05) is 19.1 Å². The van der Waals surface area contributed by atoms with Gasteiger partial charge in [-0.3, -0.25) is 9.78 Å². The molecule has 24 heavy (non-hydrogen) atoms. The van der Waals surface area contributed by atoms with Crippen LogP contribution in [0.1, 0.15) is 23.0 Å². The summed E-state index contributed by atoms with van der Waals surface area (Å²) in [4.78, 5) is 20.1. The van der Waals surface area contributed by atoms with E-state index < -0.39 is 0 Å². The molecule has 0 saturated heterocycles. The Morgan fingerprint density at radius 3 is 2.79 bits per heavy atom. The van der Waals surface area contributed by atoms with Crippen LogP contribution in [-0.4, -0.2) is 37.5 Å². The van der Waals surface area contributed by atoms with Crippen LogP contribution in [-0.2, 0) is 6.54 Å². The molecule has 0 radical (unpaired) electrons. The van der Waals surface area contributed by atoms with Gasteiger partial charge in [0.15, 0.2) is 0 Å². The Labute approximate surface area is 138 Å². The molecular formula is C16H16N6O2. The van der Waals surface area contributed by atoms with Crippen LogP contribution in [0.4, 0.5) is 0 Å². The van der Waals surface area contributed by atoms with Crippen molar-refractivity contribution in [3.05, 3.63) is 60.3 Å². The molecule has 0 atom stereocenters. The minimum Gasteiger partial charge on any atom is -0.478 e. The number of nitrogens with zero attached hydrogens (tertiary/aromatic N) is 5. The average Bonchev–Trinajstić information content (AvgIpc) is 3.10. The van der Waals surface area contributed by atoms with Crippen LogP contribution in [0.5, 0.6) is 5.88 Å². The van der Waals surface area contributed by atoms with E-state index >= 15 is 0 Å². The largest absolute Gasteiger partial charge is 0.478 e. The first-order chi connectivity index (χ1) is 11.8. The Morgan fingerprint density at radius 1 is 1.25 bits per heavy atom. The zero-order chi connectivity index (χ0) is 16.8. The number of carbonyl (C=O) groups is 1. The predicted molar refractivity (Wildman–Crippen MR) is 85.7 cm³/mol. The lowest BCUT2D eigenvalue weighted by Gasteiger charge is -2.04. The molecule has 0 aromatic carbocycles. The second-order valence-electron chi connectivity index (χ2n) is 4.86. The molecule has 0 aliphatic carbocycles. The summed E-state index contributed by atoms with van der Waals surface area (Å²) in [5, 5.41) is 10.9. The number of ether oxygens (including phenoxy) is 1. The molecule has 1 N–H and O–H groups in total. The van der Waals surface area contributed by atoms with Crippen molar-refractivity contribution in [3.8, 4) is 11.6 Å². The first kappa shape index (κ1) is 15.6. The van der Waals surface area contributed by atoms with Crippen molar-refractivity contribution in [1.29, 1.82) is 0 Å². The highest BCUT2D eigenvalue weighted by Crippen LogP contribution is 2.08. The van der Waals surface area contributed by atoms with E-state index in [9.17, 15) is 4.79 Å². The summed E-state index contributed by atoms with van der Waals surface area (Å²) in [5.41, 5.74) is 1.96. The smallest absolute Gasteiger partial charge is 0.253 e. The molecule has 3 aromatic heterocycles. The summed E-state index contributed by atoms with van der Waals surface area (Å²) in [6.45, 7) is 2.68. The van der Waals surface area contributed by atoms with Gasteiger partial charge in [-0.05, 0) is 25.1 Å². The lowest BCUT2D eigenvalue weighted by molar-refractivity contribution is 0.0950. The van der Waals surface area contributed by atoms with E-state index in [2.05, 4.69) is 25.6 Å². The molecule has 3 rings (SSSR count). The summed E-state index contributed by atoms with van der Waals surface area (Å²) in [5.74, 6) is 0.262. The summed E-state index contributed by atoms with van der Waals surface area (Å²) in [7, 11) is 0. The van der Waals surface area contributed by atoms with Crippen LogP contribution in [0.3, 0.4) is 0 Å². The third kappa shape index (κ3) is 3.72. The number of hydrogen-bond donors (Lipinski definition) is 1. The van der Waals surface area contributed by atoms with Gasteiger partial charge in [0.25, 0.3) is 5.91 Å². The van der Waals surface area contributed by atoms with Gasteiger partial charge in [-0.25, -0.2) is 9.67 Å². The van der Waals surface area contributed by atoms with Gasteiger partial charge in [0.2, 0.25) is 5.88 Å². The molecule has 0 bridgehead atoms. The zero-order valence-electron chi connectivity index (χ0n) is 13.1. The van der Waals surface area contributed by atoms with Crippen LogP contribution in [0.25, 0.3) is 5.69 Å². The summed E-state index contributed by atoms with van der Waals surface area (Å²) < 4.78 is 6.87. The molecule has 0 aliphatic heterocycles. The van der Waals surface area contributed by atoms with Gasteiger partial charge in [0.1, 0.15) is 5.69 Å². The normalized spacial score (nSPS) is 10.4. The van der Waals surface area contributed by atoms with E-state index in [0.717, 1.165) is 5.69 Å². The minimum atomic E-state index is -0.232. The van der Waals surface area contributed by atoms with Crippen LogP contribution >= 0.6 is 0 Å². The van der Waals surface area contributed by atoms with Crippen molar-refractivity contribution < 1.29 is 9.53 Å². The molecule has 122 valence electrons. The van der Waals surface area contributed by atoms with Crippen LogP contribution < -0.4 is 10.1 Å². The number of nitrogens with one attached hydrogen (secondary N) is 1. The van der Waals surface area contributed by atoms with E-state index in [-0.39, 0.29) is 12.5 Å². The van der Waals surface area contributed by atoms with Gasteiger partial charge in [0, 0.05) is 24.7 Å². The lowest BCUT2D eigenvalue weighted by atomic mass is 10.2. The lowest BCUT2D eigenvalue weighted by Crippen LogP contribution is -2.23. The number of pyridine rings is 2. The second kappa shape index (κ2) is 7.32. The summed E-state index contributed by atoms with van der Waals surface area (Å²) in [6.07, 6.45) is 6.59. The molecule has 0 spiro atoms. The van der Waals surface area contributed by atoms with Gasteiger partial charge in [-0.2, -0.15) is 0 Å². The Morgan fingerprint density at radius 2 is 2.08 bits per heavy atom. The Balaban J connectivity index is 1.59. The molecular weight excluding hydrogens is 308 g/mol. The highest BCUT2D eigenvalue weighted by molar-refractivity contribution is 5.93. The molecule has 3 aromatic rings. The van der Waals surface area contributed by atoms with Gasteiger partial charge >= 0.3 is 0 Å². The number of amides is 1. The van der Waals surface area contributed by atoms with E-state index in [1.165, 1.54) is 6.20 Å². The fourth-order valence-electron chi connectivity index (χ4n) is 2.02. The first-order valence-corrected chi connectivity index (χ1v) is 7.45. The molecule has 8 nitrogen and oxygen atoms in total. The number of aromatic nitrogens is 5. The van der Waals surface area contributed by atoms with Crippen molar-refractivity contribution in [2.75, 3.05) is 6.61 Å². The van der Waals surface area contributed by atoms with Gasteiger partial charge in [0.05, 0.1) is 30.6 Å². The van der Waals surface area contributed by atoms with E-state index in [1.54, 1.807) is 35.4 Å². The molecule has 0 unspecified atom stereocenters. The maximum atomic E-state index is 12.1. The third-order valence-electron chi connectivity index (χ3n) is 3.19. The maximum absolute atomic E-state index is 12.1. The van der Waals surface area contributed by atoms with Crippen LogP contribution in [0, 0.1) is 0 Å². The van der Waals surface area contributed by atoms with Crippen molar-refractivity contribution in [2.24, 2.45) is 0 Å². The maximum Gasteiger partial charge on any atom is 0.253 e. The molecule has 8 heteroatoms. The monoisotopic (exact) mass is 324 g/mol. The molecule has 0 aliphatic rings. The van der Waals surface area contributed by atoms with E-state index in [4.69, 9.17) is 4.74 Å². The van der Waals surface area contributed by atoms with Crippen molar-refractivity contribution >= 4 is 5.91 Å². The third-order valence-corrected chi connectivity index (χ3v) is 3.19. The molecule has 3 heterocycles. The SMILES string of the molecule is CCOc1ccc(C(=O)NCc2cn(-c3ccncc3)nn2)cn1. The van der Waals surface area contributed by atoms with Crippen LogP contribution in [0.15, 0.2) is 49.1 Å². The molecule has 0 saturated carbocycles. The fourth-order valence-corrected chi connectivity index (χ4v) is 2.02. The Kier molecular flexibility index (Phi) is 4.76. The highest BCUT2D eigenvalue weighted by atomic mass is 16.5. The molecule has 1 amide bonds. The standard InChI is InChI=1S/C16H16N6O2/c1-2-24-15-4-3-12(9-18-15)16(23)19-10-13-11-22(21-20-13)14-5-7-17-8-6-14/h3-9,11H,2,10H2,1H3,(H,19,23). The number of hydrogen-bond acceptors (Lipinski definition) is 6. The van der Waals surface area contributed by atoms with E-state index in [0.29, 0.717) is 23.7 Å². The first-order valence-electron chi connectivity index (χ1n) is 7.45. The molecule has 0 fully saturated rings. The zero-order valence-corrected chi connectivity index (χ0v) is 13.1. The highest BCUT2D eigenvalue weighted by Gasteiger charge is 2.08. The fraction of sp³-hybridized carbons (Fsp3) is 0.188. The van der Waals surface area contributed by atoms with Crippen LogP contribution in [0.2, 0.25) is 0 Å². The van der Waals surface area contributed by atoms with Crippen molar-refractivity contribution in [2.45, 2.75) is 13.5 Å². The van der Waals surface area contributed by atoms with Crippen molar-refractivity contribution in [1.82, 2.24) is 30.3 Å². The Bertz CT molecular complexity index is 801. The summed E-state index contributed by atoms with van der Waals surface area (Å²) >= 11 is 0. The van der Waals surface area contributed by atoms with Crippen molar-refractivity contribution in [3.63, 3.8) is 0 Å². The topological polar surface area (TPSA) is 94.8 Å².